The molecule has 0 fully saturated rings. The van der Waals surface area contributed by atoms with Crippen LogP contribution in [0, 0.1) is 0 Å². The molecule has 0 atom stereocenters. The van der Waals surface area contributed by atoms with Crippen LogP contribution >= 0.6 is 0 Å². The van der Waals surface area contributed by atoms with Crippen LogP contribution in [0.1, 0.15) is 6.92 Å². The first kappa shape index (κ1) is 12.5. The maximum Gasteiger partial charge on any atom is 0.272 e. The maximum absolute atomic E-state index is 11.5. The van der Waals surface area contributed by atoms with E-state index in [0.29, 0.717) is 18.0 Å². The maximum atomic E-state index is 11.5. The fourth-order valence-electron chi connectivity index (χ4n) is 1.42. The third-order valence-corrected chi connectivity index (χ3v) is 3.08. The zero-order valence-corrected chi connectivity index (χ0v) is 10.8. The fraction of sp³-hybridized carbons (Fsp3) is 0.300. The predicted molar refractivity (Wildman–Crippen MR) is 63.4 cm³/mol. The zero-order valence-electron chi connectivity index (χ0n) is 9.94. The molecule has 96 valence electrons. The van der Waals surface area contributed by atoms with Crippen molar-refractivity contribution >= 4 is 9.84 Å². The van der Waals surface area contributed by atoms with Crippen LogP contribution in [0.2, 0.25) is 0 Å². The highest BCUT2D eigenvalue weighted by atomic mass is 32.2. The van der Waals surface area contributed by atoms with Crippen LogP contribution < -0.4 is 4.74 Å². The summed E-state index contributed by atoms with van der Waals surface area (Å²) < 4.78 is 29.4. The van der Waals surface area contributed by atoms with Crippen LogP contribution in [0.15, 0.2) is 29.4 Å². The number of sulfone groups is 1. The summed E-state index contributed by atoms with van der Waals surface area (Å²) in [5.41, 5.74) is 0.559. The largest absolute Gasteiger partial charge is 0.494 e. The number of hydrogen-bond acceptors (Lipinski definition) is 6. The van der Waals surface area contributed by atoms with Gasteiger partial charge in [0.2, 0.25) is 9.84 Å². The van der Waals surface area contributed by atoms with E-state index in [2.05, 4.69) is 15.5 Å². The molecule has 0 aliphatic heterocycles. The van der Waals surface area contributed by atoms with Gasteiger partial charge in [0.25, 0.3) is 5.16 Å². The third kappa shape index (κ3) is 2.48. The molecule has 18 heavy (non-hydrogen) atoms. The van der Waals surface area contributed by atoms with E-state index in [1.807, 2.05) is 6.92 Å². The molecule has 2 rings (SSSR count). The molecule has 0 bridgehead atoms. The SMILES string of the molecule is CCOc1ccc(-n2nnnc2S(C)(=O)=O)cc1. The monoisotopic (exact) mass is 268 g/mol. The van der Waals surface area contributed by atoms with Crippen LogP contribution in [0.25, 0.3) is 5.69 Å². The summed E-state index contributed by atoms with van der Waals surface area (Å²) in [4.78, 5) is 0. The Labute approximate surface area is 104 Å². The van der Waals surface area contributed by atoms with Crippen molar-refractivity contribution in [2.75, 3.05) is 12.9 Å². The van der Waals surface area contributed by atoms with E-state index >= 15 is 0 Å². The molecule has 2 aromatic rings. The highest BCUT2D eigenvalue weighted by Crippen LogP contribution is 2.16. The number of aromatic nitrogens is 4. The average molecular weight is 268 g/mol. The Morgan fingerprint density at radius 1 is 1.28 bits per heavy atom. The lowest BCUT2D eigenvalue weighted by Crippen LogP contribution is -2.08. The van der Waals surface area contributed by atoms with Gasteiger partial charge < -0.3 is 4.74 Å². The van der Waals surface area contributed by atoms with Gasteiger partial charge in [-0.25, -0.2) is 8.42 Å². The Balaban J connectivity index is 2.41. The van der Waals surface area contributed by atoms with Crippen LogP contribution in [-0.4, -0.2) is 41.5 Å². The van der Waals surface area contributed by atoms with E-state index < -0.39 is 9.84 Å². The van der Waals surface area contributed by atoms with Crippen molar-refractivity contribution in [2.24, 2.45) is 0 Å². The van der Waals surface area contributed by atoms with Crippen molar-refractivity contribution in [3.8, 4) is 11.4 Å². The van der Waals surface area contributed by atoms with Gasteiger partial charge in [-0.15, -0.1) is 0 Å². The van der Waals surface area contributed by atoms with E-state index in [-0.39, 0.29) is 5.16 Å². The minimum Gasteiger partial charge on any atom is -0.494 e. The number of ether oxygens (including phenoxy) is 1. The molecule has 0 radical (unpaired) electrons. The highest BCUT2D eigenvalue weighted by molar-refractivity contribution is 7.90. The van der Waals surface area contributed by atoms with Crippen LogP contribution in [0.5, 0.6) is 5.75 Å². The van der Waals surface area contributed by atoms with Crippen molar-refractivity contribution < 1.29 is 13.2 Å². The average Bonchev–Trinajstić information content (AvgIpc) is 2.79. The van der Waals surface area contributed by atoms with Crippen LogP contribution in [-0.2, 0) is 9.84 Å². The smallest absolute Gasteiger partial charge is 0.272 e. The first-order valence-electron chi connectivity index (χ1n) is 5.24. The number of benzene rings is 1. The molecule has 0 amide bonds. The summed E-state index contributed by atoms with van der Waals surface area (Å²) in [6.07, 6.45) is 1.06. The third-order valence-electron chi connectivity index (χ3n) is 2.16. The molecule has 0 saturated carbocycles. The van der Waals surface area contributed by atoms with E-state index in [1.165, 1.54) is 4.68 Å². The molecular formula is C10H12N4O3S. The Kier molecular flexibility index (Phi) is 3.28. The van der Waals surface area contributed by atoms with Gasteiger partial charge >= 0.3 is 0 Å². The standard InChI is InChI=1S/C10H12N4O3S/c1-3-17-9-6-4-8(5-7-9)14-10(11-12-13-14)18(2,15)16/h4-7H,3H2,1-2H3. The summed E-state index contributed by atoms with van der Waals surface area (Å²) in [6, 6.07) is 6.84. The van der Waals surface area contributed by atoms with Crippen molar-refractivity contribution in [1.29, 1.82) is 0 Å². The van der Waals surface area contributed by atoms with Gasteiger partial charge in [0.15, 0.2) is 0 Å². The minimum atomic E-state index is -3.46. The lowest BCUT2D eigenvalue weighted by molar-refractivity contribution is 0.340. The summed E-state index contributed by atoms with van der Waals surface area (Å²) in [7, 11) is -3.46. The van der Waals surface area contributed by atoms with Gasteiger partial charge in [0.05, 0.1) is 12.3 Å². The lowest BCUT2D eigenvalue weighted by Gasteiger charge is -2.05. The Morgan fingerprint density at radius 2 is 1.94 bits per heavy atom. The normalized spacial score (nSPS) is 11.4. The molecule has 0 unspecified atom stereocenters. The lowest BCUT2D eigenvalue weighted by atomic mass is 10.3. The van der Waals surface area contributed by atoms with Gasteiger partial charge in [-0.2, -0.15) is 4.68 Å². The number of hydrogen-bond donors (Lipinski definition) is 0. The first-order valence-corrected chi connectivity index (χ1v) is 7.13. The van der Waals surface area contributed by atoms with Gasteiger partial charge in [0, 0.05) is 6.26 Å². The Hall–Kier alpha value is -1.96. The Morgan fingerprint density at radius 3 is 2.50 bits per heavy atom. The molecule has 0 spiro atoms. The van der Waals surface area contributed by atoms with Crippen molar-refractivity contribution in [3.63, 3.8) is 0 Å². The summed E-state index contributed by atoms with van der Waals surface area (Å²) in [6.45, 7) is 2.45. The quantitative estimate of drug-likeness (QED) is 0.800. The Bertz CT molecular complexity index is 633. The van der Waals surface area contributed by atoms with Crippen LogP contribution in [0.4, 0.5) is 0 Å². The number of rotatable bonds is 4. The van der Waals surface area contributed by atoms with E-state index in [0.717, 1.165) is 6.26 Å². The molecular weight excluding hydrogens is 256 g/mol. The minimum absolute atomic E-state index is 0.188. The van der Waals surface area contributed by atoms with E-state index in [9.17, 15) is 8.42 Å². The molecule has 0 N–H and O–H groups in total. The molecule has 8 heteroatoms. The summed E-state index contributed by atoms with van der Waals surface area (Å²) in [5, 5.41) is 10.4. The second-order valence-electron chi connectivity index (χ2n) is 3.57. The molecule has 1 aromatic heterocycles. The molecule has 0 saturated heterocycles. The van der Waals surface area contributed by atoms with Crippen molar-refractivity contribution in [1.82, 2.24) is 20.2 Å². The van der Waals surface area contributed by atoms with Gasteiger partial charge in [0.1, 0.15) is 5.75 Å². The number of nitrogens with zero attached hydrogens (tertiary/aromatic N) is 4. The van der Waals surface area contributed by atoms with Crippen molar-refractivity contribution in [3.05, 3.63) is 24.3 Å². The topological polar surface area (TPSA) is 87.0 Å². The van der Waals surface area contributed by atoms with Gasteiger partial charge in [-0.1, -0.05) is 5.10 Å². The molecule has 1 aromatic carbocycles. The van der Waals surface area contributed by atoms with Crippen molar-refractivity contribution in [2.45, 2.75) is 12.1 Å². The van der Waals surface area contributed by atoms with Crippen LogP contribution in [0.3, 0.4) is 0 Å². The summed E-state index contributed by atoms with van der Waals surface area (Å²) in [5.74, 6) is 0.704. The molecule has 0 aliphatic carbocycles. The molecule has 7 nitrogen and oxygen atoms in total. The second kappa shape index (κ2) is 4.73. The molecule has 1 heterocycles. The summed E-state index contributed by atoms with van der Waals surface area (Å²) >= 11 is 0. The van der Waals surface area contributed by atoms with E-state index in [1.54, 1.807) is 24.3 Å². The number of tetrazole rings is 1. The molecule has 0 aliphatic rings. The second-order valence-corrected chi connectivity index (χ2v) is 5.48. The first-order chi connectivity index (χ1) is 8.52. The highest BCUT2D eigenvalue weighted by Gasteiger charge is 2.18. The van der Waals surface area contributed by atoms with Gasteiger partial charge in [-0.3, -0.25) is 0 Å². The zero-order chi connectivity index (χ0) is 13.2. The fourth-order valence-corrected chi connectivity index (χ4v) is 2.06. The predicted octanol–water partition coefficient (Wildman–Crippen LogP) is 0.464. The van der Waals surface area contributed by atoms with E-state index in [4.69, 9.17) is 4.74 Å². The van der Waals surface area contributed by atoms with Gasteiger partial charge in [-0.05, 0) is 41.6 Å².